The summed E-state index contributed by atoms with van der Waals surface area (Å²) in [5.74, 6) is 0.804. The van der Waals surface area contributed by atoms with E-state index in [4.69, 9.17) is 0 Å². The molecule has 1 amide bonds. The van der Waals surface area contributed by atoms with Crippen LogP contribution in [0.15, 0.2) is 18.2 Å². The molecule has 20 heavy (non-hydrogen) atoms. The number of carbonyl (C=O) groups is 1. The third-order valence-electron chi connectivity index (χ3n) is 4.26. The molecule has 2 atom stereocenters. The fourth-order valence-corrected chi connectivity index (χ4v) is 3.09. The highest BCUT2D eigenvalue weighted by atomic mass is 16.2. The van der Waals surface area contributed by atoms with Crippen LogP contribution in [0.25, 0.3) is 0 Å². The van der Waals surface area contributed by atoms with Gasteiger partial charge in [0.25, 0.3) is 0 Å². The van der Waals surface area contributed by atoms with E-state index in [1.165, 1.54) is 19.3 Å². The van der Waals surface area contributed by atoms with Gasteiger partial charge in [0.15, 0.2) is 0 Å². The summed E-state index contributed by atoms with van der Waals surface area (Å²) in [4.78, 5) is 12.4. The number of amides is 1. The Labute approximate surface area is 122 Å². The molecule has 1 heterocycles. The third-order valence-corrected chi connectivity index (χ3v) is 4.26. The van der Waals surface area contributed by atoms with Crippen LogP contribution in [-0.4, -0.2) is 18.5 Å². The minimum absolute atomic E-state index is 0.0423. The first-order valence-corrected chi connectivity index (χ1v) is 7.72. The van der Waals surface area contributed by atoms with Gasteiger partial charge in [-0.25, -0.2) is 0 Å². The van der Waals surface area contributed by atoms with Gasteiger partial charge in [-0.3, -0.25) is 4.79 Å². The van der Waals surface area contributed by atoms with E-state index in [1.807, 2.05) is 32.0 Å². The van der Waals surface area contributed by atoms with E-state index in [9.17, 15) is 4.79 Å². The number of rotatable bonds is 4. The van der Waals surface area contributed by atoms with Crippen molar-refractivity contribution in [2.24, 2.45) is 5.92 Å². The average Bonchev–Trinajstić information content (AvgIpc) is 2.43. The van der Waals surface area contributed by atoms with Crippen molar-refractivity contribution in [2.45, 2.75) is 52.5 Å². The first-order chi connectivity index (χ1) is 9.61. The lowest BCUT2D eigenvalue weighted by molar-refractivity contribution is -0.119. The van der Waals surface area contributed by atoms with Gasteiger partial charge in [-0.2, -0.15) is 0 Å². The van der Waals surface area contributed by atoms with Gasteiger partial charge in [0.1, 0.15) is 0 Å². The van der Waals surface area contributed by atoms with E-state index in [-0.39, 0.29) is 11.9 Å². The molecule has 2 N–H and O–H groups in total. The van der Waals surface area contributed by atoms with E-state index in [1.54, 1.807) is 0 Å². The van der Waals surface area contributed by atoms with E-state index < -0.39 is 0 Å². The lowest BCUT2D eigenvalue weighted by Gasteiger charge is -2.29. The number of aryl methyl sites for hydroxylation is 2. The number of benzene rings is 1. The van der Waals surface area contributed by atoms with Gasteiger partial charge in [-0.15, -0.1) is 0 Å². The molecule has 1 aromatic carbocycles. The number of hydrogen-bond donors (Lipinski definition) is 2. The zero-order chi connectivity index (χ0) is 14.5. The van der Waals surface area contributed by atoms with E-state index in [2.05, 4.69) is 17.6 Å². The summed E-state index contributed by atoms with van der Waals surface area (Å²) in [7, 11) is 0. The van der Waals surface area contributed by atoms with Crippen LogP contribution < -0.4 is 10.6 Å². The highest BCUT2D eigenvalue weighted by Crippen LogP contribution is 2.24. The molecule has 1 aliphatic rings. The minimum Gasteiger partial charge on any atom is -0.324 e. The van der Waals surface area contributed by atoms with Crippen molar-refractivity contribution in [3.8, 4) is 0 Å². The van der Waals surface area contributed by atoms with Crippen molar-refractivity contribution < 1.29 is 4.79 Å². The maximum absolute atomic E-state index is 12.4. The molecular weight excluding hydrogens is 248 g/mol. The van der Waals surface area contributed by atoms with Gasteiger partial charge in [0.05, 0.1) is 6.04 Å². The van der Waals surface area contributed by atoms with Crippen LogP contribution in [0.5, 0.6) is 0 Å². The highest BCUT2D eigenvalue weighted by Gasteiger charge is 2.26. The standard InChI is InChI=1S/C17H26N2O/c1-4-6-14-9-10-18-15(11-14)17(20)19-16-12(2)7-5-8-13(16)3/h5,7-8,14-15,18H,4,6,9-11H2,1-3H3,(H,19,20)/t14-,15-/m0/s1. The fourth-order valence-electron chi connectivity index (χ4n) is 3.09. The predicted molar refractivity (Wildman–Crippen MR) is 84.0 cm³/mol. The third kappa shape index (κ3) is 3.60. The van der Waals surface area contributed by atoms with Crippen LogP contribution in [0.4, 0.5) is 5.69 Å². The van der Waals surface area contributed by atoms with Crippen LogP contribution in [0.1, 0.15) is 43.7 Å². The number of para-hydroxylation sites is 1. The summed E-state index contributed by atoms with van der Waals surface area (Å²) in [6.45, 7) is 7.25. The molecule has 3 nitrogen and oxygen atoms in total. The summed E-state index contributed by atoms with van der Waals surface area (Å²) >= 11 is 0. The van der Waals surface area contributed by atoms with Crippen LogP contribution >= 0.6 is 0 Å². The van der Waals surface area contributed by atoms with Gasteiger partial charge < -0.3 is 10.6 Å². The molecule has 0 unspecified atom stereocenters. The van der Waals surface area contributed by atoms with E-state index in [0.717, 1.165) is 29.8 Å². The molecule has 1 fully saturated rings. The van der Waals surface area contributed by atoms with E-state index >= 15 is 0 Å². The zero-order valence-corrected chi connectivity index (χ0v) is 12.8. The molecule has 0 aromatic heterocycles. The summed E-state index contributed by atoms with van der Waals surface area (Å²) in [5.41, 5.74) is 3.22. The molecule has 0 radical (unpaired) electrons. The van der Waals surface area contributed by atoms with E-state index in [0.29, 0.717) is 5.92 Å². The Kier molecular flexibility index (Phi) is 5.18. The largest absolute Gasteiger partial charge is 0.324 e. The Morgan fingerprint density at radius 3 is 2.70 bits per heavy atom. The number of nitrogens with one attached hydrogen (secondary N) is 2. The van der Waals surface area contributed by atoms with Crippen LogP contribution in [0.3, 0.4) is 0 Å². The van der Waals surface area contributed by atoms with Crippen LogP contribution in [0, 0.1) is 19.8 Å². The topological polar surface area (TPSA) is 41.1 Å². The molecule has 0 saturated carbocycles. The normalized spacial score (nSPS) is 22.6. The second-order valence-electron chi connectivity index (χ2n) is 5.94. The first kappa shape index (κ1) is 15.0. The number of carbonyl (C=O) groups excluding carboxylic acids is 1. The zero-order valence-electron chi connectivity index (χ0n) is 12.8. The van der Waals surface area contributed by atoms with Gasteiger partial charge in [0, 0.05) is 5.69 Å². The average molecular weight is 274 g/mol. The summed E-state index contributed by atoms with van der Waals surface area (Å²) in [6, 6.07) is 6.06. The smallest absolute Gasteiger partial charge is 0.241 e. The predicted octanol–water partition coefficient (Wildman–Crippen LogP) is 3.41. The lowest BCUT2D eigenvalue weighted by Crippen LogP contribution is -2.46. The molecular formula is C17H26N2O. The lowest BCUT2D eigenvalue weighted by atomic mass is 9.88. The van der Waals surface area contributed by atoms with Gasteiger partial charge in [-0.1, -0.05) is 38.0 Å². The Balaban J connectivity index is 2.01. The van der Waals surface area contributed by atoms with Crippen molar-refractivity contribution in [3.05, 3.63) is 29.3 Å². The molecule has 2 rings (SSSR count). The van der Waals surface area contributed by atoms with Crippen LogP contribution in [0.2, 0.25) is 0 Å². The molecule has 0 spiro atoms. The van der Waals surface area contributed by atoms with Crippen molar-refractivity contribution in [1.82, 2.24) is 5.32 Å². The van der Waals surface area contributed by atoms with Crippen molar-refractivity contribution >= 4 is 11.6 Å². The number of piperidine rings is 1. The summed E-state index contributed by atoms with van der Waals surface area (Å²) in [6.07, 6.45) is 4.59. The minimum atomic E-state index is -0.0423. The Bertz CT molecular complexity index is 448. The van der Waals surface area contributed by atoms with Crippen molar-refractivity contribution in [1.29, 1.82) is 0 Å². The summed E-state index contributed by atoms with van der Waals surface area (Å²) < 4.78 is 0. The SMILES string of the molecule is CCC[C@H]1CCN[C@H](C(=O)Nc2c(C)cccc2C)C1. The number of anilines is 1. The molecule has 110 valence electrons. The quantitative estimate of drug-likeness (QED) is 0.883. The Morgan fingerprint density at radius 2 is 2.05 bits per heavy atom. The maximum atomic E-state index is 12.4. The maximum Gasteiger partial charge on any atom is 0.241 e. The summed E-state index contributed by atoms with van der Waals surface area (Å²) in [5, 5.41) is 6.46. The van der Waals surface area contributed by atoms with Gasteiger partial charge in [0.2, 0.25) is 5.91 Å². The molecule has 0 aliphatic carbocycles. The number of hydrogen-bond acceptors (Lipinski definition) is 2. The molecule has 1 aliphatic heterocycles. The van der Waals surface area contributed by atoms with Crippen molar-refractivity contribution in [2.75, 3.05) is 11.9 Å². The fraction of sp³-hybridized carbons (Fsp3) is 0.588. The first-order valence-electron chi connectivity index (χ1n) is 7.72. The van der Waals surface area contributed by atoms with Crippen molar-refractivity contribution in [3.63, 3.8) is 0 Å². The monoisotopic (exact) mass is 274 g/mol. The second kappa shape index (κ2) is 6.89. The Hall–Kier alpha value is -1.35. The van der Waals surface area contributed by atoms with Crippen LogP contribution in [-0.2, 0) is 4.79 Å². The molecule has 0 bridgehead atoms. The molecule has 1 saturated heterocycles. The van der Waals surface area contributed by atoms with Gasteiger partial charge in [-0.05, 0) is 50.3 Å². The highest BCUT2D eigenvalue weighted by molar-refractivity contribution is 5.96. The van der Waals surface area contributed by atoms with Gasteiger partial charge >= 0.3 is 0 Å². The Morgan fingerprint density at radius 1 is 1.35 bits per heavy atom. The molecule has 1 aromatic rings. The second-order valence-corrected chi connectivity index (χ2v) is 5.94. The molecule has 3 heteroatoms.